The topological polar surface area (TPSA) is 74.2 Å². The van der Waals surface area contributed by atoms with Crippen LogP contribution in [-0.2, 0) is 0 Å². The molecule has 0 fully saturated rings. The number of thiocarbonyl (C=S) groups is 1. The van der Waals surface area contributed by atoms with Gasteiger partial charge >= 0.3 is 0 Å². The monoisotopic (exact) mass is 403 g/mol. The van der Waals surface area contributed by atoms with E-state index in [0.29, 0.717) is 29.2 Å². The van der Waals surface area contributed by atoms with E-state index in [1.54, 1.807) is 42.5 Å². The molecule has 0 aliphatic heterocycles. The summed E-state index contributed by atoms with van der Waals surface area (Å²) < 4.78 is 6.22. The minimum atomic E-state index is -0.381. The minimum absolute atomic E-state index is 0.137. The molecule has 0 saturated carbocycles. The summed E-state index contributed by atoms with van der Waals surface area (Å²) in [6.45, 7) is 2.30. The molecule has 0 aliphatic carbocycles. The van der Waals surface area contributed by atoms with E-state index in [1.165, 1.54) is 0 Å². The molecule has 0 spiro atoms. The molecule has 2 aromatic rings. The summed E-state index contributed by atoms with van der Waals surface area (Å²) in [6, 6.07) is 14.0. The number of nitriles is 1. The number of hydrogen-bond donors (Lipinski definition) is 2. The Balaban J connectivity index is 2.10. The Morgan fingerprint density at radius 2 is 2.12 bits per heavy atom. The van der Waals surface area contributed by atoms with Crippen molar-refractivity contribution in [1.82, 2.24) is 5.32 Å². The standard InChI is InChI=1S/C17H14BrN3O2S/c1-2-23-15-7-6-12(18)9-14(15)16(22)21-17(24)20-13-5-3-4-11(8-13)10-19/h3-9H,2H2,1H3,(H2,20,21,22,24). The number of carbonyl (C=O) groups excluding carboxylic acids is 1. The van der Waals surface area contributed by atoms with Crippen molar-refractivity contribution in [3.8, 4) is 11.8 Å². The van der Waals surface area contributed by atoms with Crippen LogP contribution in [-0.4, -0.2) is 17.6 Å². The van der Waals surface area contributed by atoms with Crippen LogP contribution in [0.2, 0.25) is 0 Å². The van der Waals surface area contributed by atoms with E-state index in [9.17, 15) is 4.79 Å². The molecule has 0 aliphatic rings. The highest BCUT2D eigenvalue weighted by atomic mass is 79.9. The third-order valence-corrected chi connectivity index (χ3v) is 3.66. The van der Waals surface area contributed by atoms with Crippen molar-refractivity contribution >= 4 is 44.9 Å². The third kappa shape index (κ3) is 4.78. The highest BCUT2D eigenvalue weighted by molar-refractivity contribution is 9.10. The molecule has 0 saturated heterocycles. The van der Waals surface area contributed by atoms with Crippen LogP contribution in [0.5, 0.6) is 5.75 Å². The normalized spacial score (nSPS) is 9.71. The van der Waals surface area contributed by atoms with Crippen LogP contribution in [0, 0.1) is 11.3 Å². The first-order valence-electron chi connectivity index (χ1n) is 7.08. The quantitative estimate of drug-likeness (QED) is 0.758. The van der Waals surface area contributed by atoms with Crippen molar-refractivity contribution in [1.29, 1.82) is 5.26 Å². The summed E-state index contributed by atoms with van der Waals surface area (Å²) in [5.41, 5.74) is 1.50. The molecule has 122 valence electrons. The van der Waals surface area contributed by atoms with Crippen LogP contribution in [0.1, 0.15) is 22.8 Å². The van der Waals surface area contributed by atoms with Gasteiger partial charge in [0.15, 0.2) is 5.11 Å². The van der Waals surface area contributed by atoms with Gasteiger partial charge in [-0.1, -0.05) is 22.0 Å². The Bertz CT molecular complexity index is 818. The average Bonchev–Trinajstić information content (AvgIpc) is 2.56. The average molecular weight is 404 g/mol. The van der Waals surface area contributed by atoms with Crippen molar-refractivity contribution in [2.75, 3.05) is 11.9 Å². The Kier molecular flexibility index (Phi) is 6.29. The lowest BCUT2D eigenvalue weighted by Gasteiger charge is -2.13. The molecule has 0 atom stereocenters. The molecule has 0 unspecified atom stereocenters. The number of amides is 1. The fourth-order valence-corrected chi connectivity index (χ4v) is 2.53. The molecular formula is C17H14BrN3O2S. The van der Waals surface area contributed by atoms with Crippen LogP contribution in [0.4, 0.5) is 5.69 Å². The maximum Gasteiger partial charge on any atom is 0.261 e. The second-order valence-corrected chi connectivity index (χ2v) is 6.00. The molecule has 0 bridgehead atoms. The molecule has 5 nitrogen and oxygen atoms in total. The fourth-order valence-electron chi connectivity index (χ4n) is 1.96. The number of anilines is 1. The molecule has 0 aromatic heterocycles. The molecule has 24 heavy (non-hydrogen) atoms. The molecule has 7 heteroatoms. The highest BCUT2D eigenvalue weighted by Gasteiger charge is 2.14. The Morgan fingerprint density at radius 3 is 2.83 bits per heavy atom. The number of halogens is 1. The molecule has 2 rings (SSSR count). The second-order valence-electron chi connectivity index (χ2n) is 4.67. The van der Waals surface area contributed by atoms with Gasteiger partial charge in [0.05, 0.1) is 23.8 Å². The molecule has 2 N–H and O–H groups in total. The Hall–Kier alpha value is -2.43. The highest BCUT2D eigenvalue weighted by Crippen LogP contribution is 2.23. The summed E-state index contributed by atoms with van der Waals surface area (Å²) in [4.78, 5) is 12.4. The minimum Gasteiger partial charge on any atom is -0.493 e. The van der Waals surface area contributed by atoms with Crippen molar-refractivity contribution in [3.05, 3.63) is 58.1 Å². The number of carbonyl (C=O) groups is 1. The predicted octanol–water partition coefficient (Wildman–Crippen LogP) is 3.85. The number of benzene rings is 2. The van der Waals surface area contributed by atoms with Gasteiger partial charge in [-0.05, 0) is 55.5 Å². The van der Waals surface area contributed by atoms with E-state index in [2.05, 4.69) is 26.6 Å². The molecule has 0 heterocycles. The van der Waals surface area contributed by atoms with Gasteiger partial charge in [0, 0.05) is 10.2 Å². The largest absolute Gasteiger partial charge is 0.493 e. The Morgan fingerprint density at radius 1 is 1.33 bits per heavy atom. The zero-order chi connectivity index (χ0) is 17.5. The lowest BCUT2D eigenvalue weighted by Crippen LogP contribution is -2.34. The zero-order valence-corrected chi connectivity index (χ0v) is 15.2. The van der Waals surface area contributed by atoms with E-state index in [1.807, 2.05) is 13.0 Å². The van der Waals surface area contributed by atoms with Gasteiger partial charge in [0.1, 0.15) is 5.75 Å². The van der Waals surface area contributed by atoms with Crippen LogP contribution in [0.3, 0.4) is 0 Å². The molecule has 0 radical (unpaired) electrons. The van der Waals surface area contributed by atoms with Crippen molar-refractivity contribution in [2.45, 2.75) is 6.92 Å². The summed E-state index contributed by atoms with van der Waals surface area (Å²) in [7, 11) is 0. The molecule has 2 aromatic carbocycles. The fraction of sp³-hybridized carbons (Fsp3) is 0.118. The zero-order valence-electron chi connectivity index (χ0n) is 12.8. The summed E-state index contributed by atoms with van der Waals surface area (Å²) in [5.74, 6) is 0.0983. The van der Waals surface area contributed by atoms with E-state index in [0.717, 1.165) is 4.47 Å². The van der Waals surface area contributed by atoms with Crippen LogP contribution >= 0.6 is 28.1 Å². The van der Waals surface area contributed by atoms with E-state index >= 15 is 0 Å². The molecule has 1 amide bonds. The van der Waals surface area contributed by atoms with E-state index in [4.69, 9.17) is 22.2 Å². The van der Waals surface area contributed by atoms with Gasteiger partial charge in [0.25, 0.3) is 5.91 Å². The lowest BCUT2D eigenvalue weighted by molar-refractivity contribution is 0.0974. The molecular weight excluding hydrogens is 390 g/mol. The maximum absolute atomic E-state index is 12.4. The van der Waals surface area contributed by atoms with Gasteiger partial charge in [-0.3, -0.25) is 10.1 Å². The number of rotatable bonds is 4. The van der Waals surface area contributed by atoms with Gasteiger partial charge in [-0.2, -0.15) is 5.26 Å². The SMILES string of the molecule is CCOc1ccc(Br)cc1C(=O)NC(=S)Nc1cccc(C#N)c1. The summed E-state index contributed by atoms with van der Waals surface area (Å²) in [5, 5.41) is 14.5. The van der Waals surface area contributed by atoms with E-state index < -0.39 is 0 Å². The smallest absolute Gasteiger partial charge is 0.261 e. The number of hydrogen-bond acceptors (Lipinski definition) is 4. The van der Waals surface area contributed by atoms with Gasteiger partial charge in [0.2, 0.25) is 0 Å². The van der Waals surface area contributed by atoms with Gasteiger partial charge in [-0.15, -0.1) is 0 Å². The third-order valence-electron chi connectivity index (χ3n) is 2.96. The maximum atomic E-state index is 12.4. The predicted molar refractivity (Wildman–Crippen MR) is 100 cm³/mol. The lowest BCUT2D eigenvalue weighted by atomic mass is 10.2. The van der Waals surface area contributed by atoms with Gasteiger partial charge < -0.3 is 10.1 Å². The van der Waals surface area contributed by atoms with Crippen molar-refractivity contribution in [3.63, 3.8) is 0 Å². The van der Waals surface area contributed by atoms with Gasteiger partial charge in [-0.25, -0.2) is 0 Å². The second kappa shape index (κ2) is 8.43. The number of nitrogens with one attached hydrogen (secondary N) is 2. The number of ether oxygens (including phenoxy) is 1. The van der Waals surface area contributed by atoms with Crippen molar-refractivity contribution < 1.29 is 9.53 Å². The van der Waals surface area contributed by atoms with Crippen molar-refractivity contribution in [2.24, 2.45) is 0 Å². The summed E-state index contributed by atoms with van der Waals surface area (Å²) in [6.07, 6.45) is 0. The Labute approximate surface area is 153 Å². The summed E-state index contributed by atoms with van der Waals surface area (Å²) >= 11 is 8.49. The first kappa shape index (κ1) is 17.9. The first-order valence-corrected chi connectivity index (χ1v) is 8.28. The van der Waals surface area contributed by atoms with Crippen LogP contribution < -0.4 is 15.4 Å². The van der Waals surface area contributed by atoms with Crippen LogP contribution in [0.25, 0.3) is 0 Å². The van der Waals surface area contributed by atoms with Crippen LogP contribution in [0.15, 0.2) is 46.9 Å². The van der Waals surface area contributed by atoms with E-state index in [-0.39, 0.29) is 11.0 Å². The number of nitrogens with zero attached hydrogens (tertiary/aromatic N) is 1. The first-order chi connectivity index (χ1) is 11.5.